The van der Waals surface area contributed by atoms with Crippen molar-refractivity contribution in [2.45, 2.75) is 10.9 Å². The van der Waals surface area contributed by atoms with Crippen LogP contribution in [0.3, 0.4) is 0 Å². The number of imide groups is 1. The first-order chi connectivity index (χ1) is 19.5. The summed E-state index contributed by atoms with van der Waals surface area (Å²) in [5.74, 6) is -5.30. The van der Waals surface area contributed by atoms with Crippen molar-refractivity contribution >= 4 is 39.5 Å². The van der Waals surface area contributed by atoms with Crippen molar-refractivity contribution in [3.05, 3.63) is 53.1 Å². The van der Waals surface area contributed by atoms with Gasteiger partial charge in [0.1, 0.15) is 11.8 Å². The standard InChI is InChI=1S/C24H26ClF2N5O8S/c25-15-1-3-16(4-2-15)40-22-18(26)11-17(12-19(22)27)41(37,38)32-6-5-31(13-20(32)23(34)29-36)24(35)28-21(33)14-30-7-9-39-10-8-30/h1-4,11-12,20,36H,5-10,13-14H2,(H,29,34)(H,28,33,35)/t20-/m1/s1. The highest BCUT2D eigenvalue weighted by atomic mass is 35.5. The number of nitrogens with zero attached hydrogens (tertiary/aromatic N) is 3. The molecule has 2 aromatic rings. The fourth-order valence-corrected chi connectivity index (χ4v) is 5.99. The van der Waals surface area contributed by atoms with Crippen molar-refractivity contribution in [3.63, 3.8) is 0 Å². The lowest BCUT2D eigenvalue weighted by atomic mass is 10.2. The quantitative estimate of drug-likeness (QED) is 0.306. The second-order valence-electron chi connectivity index (χ2n) is 9.07. The van der Waals surface area contributed by atoms with E-state index in [0.717, 1.165) is 4.90 Å². The Labute approximate surface area is 238 Å². The van der Waals surface area contributed by atoms with Gasteiger partial charge in [0.15, 0.2) is 17.4 Å². The first-order valence-electron chi connectivity index (χ1n) is 12.3. The van der Waals surface area contributed by atoms with E-state index in [2.05, 4.69) is 5.32 Å². The van der Waals surface area contributed by atoms with Crippen molar-refractivity contribution in [3.8, 4) is 11.5 Å². The molecule has 4 rings (SSSR count). The van der Waals surface area contributed by atoms with Crippen molar-refractivity contribution in [2.24, 2.45) is 0 Å². The number of amides is 4. The highest BCUT2D eigenvalue weighted by Crippen LogP contribution is 2.32. The van der Waals surface area contributed by atoms with Gasteiger partial charge in [-0.15, -0.1) is 0 Å². The van der Waals surface area contributed by atoms with E-state index in [4.69, 9.17) is 21.1 Å². The number of morpholine rings is 1. The minimum Gasteiger partial charge on any atom is -0.451 e. The summed E-state index contributed by atoms with van der Waals surface area (Å²) in [6, 6.07) is 4.06. The third-order valence-electron chi connectivity index (χ3n) is 6.36. The molecule has 2 aliphatic heterocycles. The SMILES string of the molecule is O=C(CN1CCOCC1)NC(=O)N1CCN(S(=O)(=O)c2cc(F)c(Oc3ccc(Cl)cc3)c(F)c2)[C@@H](C(=O)NO)C1. The maximum Gasteiger partial charge on any atom is 0.324 e. The number of hydroxylamine groups is 1. The van der Waals surface area contributed by atoms with Gasteiger partial charge in [-0.05, 0) is 36.4 Å². The van der Waals surface area contributed by atoms with Crippen LogP contribution in [0.4, 0.5) is 13.6 Å². The molecule has 1 atom stereocenters. The maximum atomic E-state index is 14.9. The molecule has 0 unspecified atom stereocenters. The van der Waals surface area contributed by atoms with Crippen molar-refractivity contribution in [1.82, 2.24) is 24.9 Å². The molecule has 2 heterocycles. The fraction of sp³-hybridized carbons (Fsp3) is 0.375. The summed E-state index contributed by atoms with van der Waals surface area (Å²) < 4.78 is 67.5. The van der Waals surface area contributed by atoms with Crippen LogP contribution in [0.1, 0.15) is 0 Å². The molecule has 4 amide bonds. The Morgan fingerprint density at radius 3 is 2.29 bits per heavy atom. The van der Waals surface area contributed by atoms with E-state index >= 15 is 0 Å². The molecular weight excluding hydrogens is 592 g/mol. The number of piperazine rings is 1. The van der Waals surface area contributed by atoms with E-state index in [1.54, 1.807) is 4.90 Å². The normalized spacial score (nSPS) is 18.5. The van der Waals surface area contributed by atoms with Crippen molar-refractivity contribution in [1.29, 1.82) is 0 Å². The van der Waals surface area contributed by atoms with Gasteiger partial charge in [-0.25, -0.2) is 27.5 Å². The van der Waals surface area contributed by atoms with Gasteiger partial charge in [0.2, 0.25) is 15.9 Å². The van der Waals surface area contributed by atoms with Crippen LogP contribution >= 0.6 is 11.6 Å². The van der Waals surface area contributed by atoms with Crippen molar-refractivity contribution in [2.75, 3.05) is 52.5 Å². The third kappa shape index (κ3) is 7.27. The minimum absolute atomic E-state index is 0.0420. The van der Waals surface area contributed by atoms with E-state index in [9.17, 15) is 36.8 Å². The van der Waals surface area contributed by atoms with E-state index in [1.165, 1.54) is 29.7 Å². The van der Waals surface area contributed by atoms with Crippen LogP contribution in [0.2, 0.25) is 5.02 Å². The Morgan fingerprint density at radius 2 is 1.68 bits per heavy atom. The molecule has 0 spiro atoms. The largest absolute Gasteiger partial charge is 0.451 e. The summed E-state index contributed by atoms with van der Waals surface area (Å²) in [5, 5.41) is 11.8. The topological polar surface area (TPSA) is 158 Å². The average molecular weight is 618 g/mol. The zero-order valence-electron chi connectivity index (χ0n) is 21.4. The van der Waals surface area contributed by atoms with Crippen LogP contribution < -0.4 is 15.5 Å². The number of carbonyl (C=O) groups excluding carboxylic acids is 3. The number of benzene rings is 2. The average Bonchev–Trinajstić information content (AvgIpc) is 2.95. The molecule has 0 saturated carbocycles. The number of halogens is 3. The molecule has 0 bridgehead atoms. The number of carbonyl (C=O) groups is 3. The number of hydrogen-bond donors (Lipinski definition) is 3. The Bertz CT molecular complexity index is 1390. The number of urea groups is 1. The molecule has 222 valence electrons. The Kier molecular flexibility index (Phi) is 9.72. The van der Waals surface area contributed by atoms with E-state index in [1.807, 2.05) is 0 Å². The van der Waals surface area contributed by atoms with Gasteiger partial charge in [0, 0.05) is 37.7 Å². The van der Waals surface area contributed by atoms with E-state index in [-0.39, 0.29) is 18.8 Å². The molecule has 3 N–H and O–H groups in total. The number of nitrogens with one attached hydrogen (secondary N) is 2. The summed E-state index contributed by atoms with van der Waals surface area (Å²) in [6.07, 6.45) is 0. The molecule has 0 aliphatic carbocycles. The van der Waals surface area contributed by atoms with Gasteiger partial charge >= 0.3 is 6.03 Å². The zero-order valence-corrected chi connectivity index (χ0v) is 23.0. The summed E-state index contributed by atoms with van der Waals surface area (Å²) in [4.78, 5) is 39.4. The summed E-state index contributed by atoms with van der Waals surface area (Å²) in [5.41, 5.74) is 1.34. The molecule has 13 nitrogen and oxygen atoms in total. The third-order valence-corrected chi connectivity index (χ3v) is 8.50. The maximum absolute atomic E-state index is 14.9. The molecule has 2 fully saturated rings. The molecule has 0 radical (unpaired) electrons. The molecule has 0 aromatic heterocycles. The lowest BCUT2D eigenvalue weighted by Crippen LogP contribution is -2.62. The van der Waals surface area contributed by atoms with E-state index in [0.29, 0.717) is 47.8 Å². The van der Waals surface area contributed by atoms with E-state index < -0.39 is 69.3 Å². The number of ether oxygens (including phenoxy) is 2. The predicted molar refractivity (Wildman–Crippen MR) is 138 cm³/mol. The van der Waals surface area contributed by atoms with Gasteiger partial charge in [-0.3, -0.25) is 25.0 Å². The first kappa shape index (κ1) is 30.5. The number of sulfonamides is 1. The Balaban J connectivity index is 1.49. The second kappa shape index (κ2) is 13.1. The molecule has 2 saturated heterocycles. The summed E-state index contributed by atoms with van der Waals surface area (Å²) >= 11 is 5.79. The molecule has 17 heteroatoms. The smallest absolute Gasteiger partial charge is 0.324 e. The molecule has 2 aromatic carbocycles. The van der Waals surface area contributed by atoms with Gasteiger partial charge in [0.05, 0.1) is 24.7 Å². The Morgan fingerprint density at radius 1 is 1.05 bits per heavy atom. The van der Waals surface area contributed by atoms with Gasteiger partial charge < -0.3 is 14.4 Å². The van der Waals surface area contributed by atoms with Crippen LogP contribution in [0.15, 0.2) is 41.3 Å². The van der Waals surface area contributed by atoms with Crippen LogP contribution in [-0.2, 0) is 24.3 Å². The van der Waals surface area contributed by atoms with Gasteiger partial charge in [-0.2, -0.15) is 4.31 Å². The summed E-state index contributed by atoms with van der Waals surface area (Å²) in [7, 11) is -4.73. The minimum atomic E-state index is -4.73. The lowest BCUT2D eigenvalue weighted by Gasteiger charge is -2.39. The zero-order chi connectivity index (χ0) is 29.7. The van der Waals surface area contributed by atoms with Crippen LogP contribution in [0.5, 0.6) is 11.5 Å². The Hall–Kier alpha value is -3.41. The predicted octanol–water partition coefficient (Wildman–Crippen LogP) is 1.16. The van der Waals surface area contributed by atoms with Gasteiger partial charge in [0.25, 0.3) is 5.91 Å². The van der Waals surface area contributed by atoms with Gasteiger partial charge in [-0.1, -0.05) is 11.6 Å². The first-order valence-corrected chi connectivity index (χ1v) is 14.1. The summed E-state index contributed by atoms with van der Waals surface area (Å²) in [6.45, 7) is 0.511. The lowest BCUT2D eigenvalue weighted by molar-refractivity contribution is -0.134. The highest BCUT2D eigenvalue weighted by Gasteiger charge is 2.42. The van der Waals surface area contributed by atoms with Crippen LogP contribution in [-0.4, -0.2) is 104 Å². The molecule has 2 aliphatic rings. The molecule has 41 heavy (non-hydrogen) atoms. The van der Waals surface area contributed by atoms with Crippen molar-refractivity contribution < 1.29 is 46.3 Å². The number of rotatable bonds is 7. The second-order valence-corrected chi connectivity index (χ2v) is 11.4. The fourth-order valence-electron chi connectivity index (χ4n) is 4.27. The monoisotopic (exact) mass is 617 g/mol. The number of hydrogen-bond acceptors (Lipinski definition) is 9. The molecular formula is C24H26ClF2N5O8S. The highest BCUT2D eigenvalue weighted by molar-refractivity contribution is 7.89. The van der Waals surface area contributed by atoms with Crippen LogP contribution in [0.25, 0.3) is 0 Å². The van der Waals surface area contributed by atoms with Crippen LogP contribution in [0, 0.1) is 11.6 Å².